The summed E-state index contributed by atoms with van der Waals surface area (Å²) in [5, 5.41) is 12.4. The lowest BCUT2D eigenvalue weighted by molar-refractivity contribution is 0.668. The molecule has 0 saturated heterocycles. The van der Waals surface area contributed by atoms with Crippen molar-refractivity contribution in [3.63, 3.8) is 0 Å². The van der Waals surface area contributed by atoms with Crippen molar-refractivity contribution in [2.75, 3.05) is 19.0 Å². The summed E-state index contributed by atoms with van der Waals surface area (Å²) in [4.78, 5) is 2.08. The van der Waals surface area contributed by atoms with Gasteiger partial charge in [-0.2, -0.15) is 0 Å². The average molecular weight is 573 g/mol. The maximum Gasteiger partial charge on any atom is 0.159 e. The number of rotatable bonds is 7. The monoisotopic (exact) mass is 572 g/mol. The van der Waals surface area contributed by atoms with Crippen LogP contribution in [0.2, 0.25) is 0 Å². The van der Waals surface area contributed by atoms with E-state index >= 15 is 0 Å². The molecular weight excluding hydrogens is 540 g/mol. The van der Waals surface area contributed by atoms with Crippen LogP contribution in [0.4, 0.5) is 5.69 Å². The molecule has 0 aliphatic heterocycles. The Kier molecular flexibility index (Phi) is 6.63. The number of anilines is 1. The van der Waals surface area contributed by atoms with Crippen molar-refractivity contribution in [2.45, 2.75) is 0 Å². The molecule has 5 heteroatoms. The number of allylic oxidation sites excluding steroid dienone is 4. The minimum atomic E-state index is -0.0130. The van der Waals surface area contributed by atoms with Crippen LogP contribution < -0.4 is 10.6 Å². The predicted molar refractivity (Wildman–Crippen MR) is 187 cm³/mol. The Morgan fingerprint density at radius 3 is 2.25 bits per heavy atom. The standard InChI is InChI=1S/C39H32N4O/c1-25(29-19-20-32-31-14-8-10-16-36(31)44-39(32)38(29)42(2)3)23-26(18-22-37(40)41)27-17-21-35-33(24-27)30-13-7-9-15-34(30)43(35)28-11-5-4-6-12-28/h4-24H,1H2,2-3H3,(H3,40,41)/b22-18?,26-23+. The molecule has 3 N–H and O–H groups in total. The third kappa shape index (κ3) is 4.56. The first-order chi connectivity index (χ1) is 21.4. The molecule has 0 atom stereocenters. The second kappa shape index (κ2) is 10.8. The van der Waals surface area contributed by atoms with Crippen molar-refractivity contribution < 1.29 is 4.42 Å². The van der Waals surface area contributed by atoms with Gasteiger partial charge >= 0.3 is 0 Å². The van der Waals surface area contributed by atoms with Crippen LogP contribution in [0, 0.1) is 5.41 Å². The van der Waals surface area contributed by atoms with Crippen molar-refractivity contribution in [1.29, 1.82) is 5.41 Å². The number of furan rings is 1. The Bertz CT molecular complexity index is 2300. The molecule has 7 rings (SSSR count). The number of amidine groups is 1. The second-order valence-corrected chi connectivity index (χ2v) is 11.2. The minimum absolute atomic E-state index is 0.0130. The third-order valence-electron chi connectivity index (χ3n) is 8.11. The number of aromatic nitrogens is 1. The van der Waals surface area contributed by atoms with Gasteiger partial charge in [0.2, 0.25) is 0 Å². The molecule has 0 aliphatic carbocycles. The fraction of sp³-hybridized carbons (Fsp3) is 0.0513. The quantitative estimate of drug-likeness (QED) is 0.114. The number of nitrogens with zero attached hydrogens (tertiary/aromatic N) is 2. The summed E-state index contributed by atoms with van der Waals surface area (Å²) < 4.78 is 8.67. The molecule has 44 heavy (non-hydrogen) atoms. The topological polar surface area (TPSA) is 71.2 Å². The van der Waals surface area contributed by atoms with E-state index in [2.05, 4.69) is 107 Å². The van der Waals surface area contributed by atoms with Crippen LogP contribution in [-0.2, 0) is 0 Å². The van der Waals surface area contributed by atoms with Crippen molar-refractivity contribution in [2.24, 2.45) is 5.73 Å². The minimum Gasteiger partial charge on any atom is -0.454 e. The SMILES string of the molecule is C=C(/C=C(\C=CC(=N)N)c1ccc2c(c1)c1ccccc1n2-c1ccccc1)c1ccc2c(oc3ccccc32)c1N(C)C. The summed E-state index contributed by atoms with van der Waals surface area (Å²) >= 11 is 0. The predicted octanol–water partition coefficient (Wildman–Crippen LogP) is 9.34. The van der Waals surface area contributed by atoms with Gasteiger partial charge in [-0.15, -0.1) is 0 Å². The van der Waals surface area contributed by atoms with Gasteiger partial charge in [-0.05, 0) is 71.3 Å². The molecule has 0 radical (unpaired) electrons. The largest absolute Gasteiger partial charge is 0.454 e. The number of para-hydroxylation sites is 3. The summed E-state index contributed by atoms with van der Waals surface area (Å²) in [5.74, 6) is -0.0130. The number of benzene rings is 5. The molecule has 214 valence electrons. The van der Waals surface area contributed by atoms with Crippen molar-refractivity contribution >= 4 is 66.4 Å². The molecule has 0 bridgehead atoms. The number of nitrogens with two attached hydrogens (primary N) is 1. The van der Waals surface area contributed by atoms with Crippen LogP contribution >= 0.6 is 0 Å². The molecule has 0 spiro atoms. The summed E-state index contributed by atoms with van der Waals surface area (Å²) in [6.45, 7) is 4.51. The zero-order valence-corrected chi connectivity index (χ0v) is 24.7. The van der Waals surface area contributed by atoms with Gasteiger partial charge in [-0.1, -0.05) is 79.4 Å². The van der Waals surface area contributed by atoms with E-state index < -0.39 is 0 Å². The lowest BCUT2D eigenvalue weighted by atomic mass is 9.96. The van der Waals surface area contributed by atoms with Crippen LogP contribution in [-0.4, -0.2) is 24.5 Å². The molecule has 0 amide bonds. The number of hydrogen-bond acceptors (Lipinski definition) is 3. The molecule has 2 aromatic heterocycles. The first kappa shape index (κ1) is 27.0. The van der Waals surface area contributed by atoms with Crippen LogP contribution in [0.5, 0.6) is 0 Å². The van der Waals surface area contributed by atoms with Gasteiger partial charge in [0.05, 0.1) is 16.7 Å². The molecule has 0 aliphatic rings. The molecular formula is C39H32N4O. The summed E-state index contributed by atoms with van der Waals surface area (Å²) in [7, 11) is 4.05. The van der Waals surface area contributed by atoms with E-state index in [1.165, 1.54) is 5.39 Å². The highest BCUT2D eigenvalue weighted by Gasteiger charge is 2.18. The van der Waals surface area contributed by atoms with Gasteiger partial charge in [0.1, 0.15) is 11.4 Å². The van der Waals surface area contributed by atoms with E-state index in [1.807, 2.05) is 44.4 Å². The van der Waals surface area contributed by atoms with E-state index in [4.69, 9.17) is 15.6 Å². The maximum absolute atomic E-state index is 7.89. The van der Waals surface area contributed by atoms with Gasteiger partial charge in [0, 0.05) is 46.9 Å². The van der Waals surface area contributed by atoms with E-state index in [-0.39, 0.29) is 5.84 Å². The maximum atomic E-state index is 7.89. The first-order valence-corrected chi connectivity index (χ1v) is 14.5. The normalized spacial score (nSPS) is 12.2. The molecule has 0 fully saturated rings. The van der Waals surface area contributed by atoms with Crippen molar-refractivity contribution in [3.8, 4) is 5.69 Å². The highest BCUT2D eigenvalue weighted by molar-refractivity contribution is 6.12. The van der Waals surface area contributed by atoms with Gasteiger partial charge < -0.3 is 19.6 Å². The van der Waals surface area contributed by atoms with Crippen LogP contribution in [0.3, 0.4) is 0 Å². The van der Waals surface area contributed by atoms with Crippen molar-refractivity contribution in [3.05, 3.63) is 145 Å². The van der Waals surface area contributed by atoms with E-state index in [9.17, 15) is 0 Å². The van der Waals surface area contributed by atoms with E-state index in [1.54, 1.807) is 6.08 Å². The van der Waals surface area contributed by atoms with Gasteiger partial charge in [0.25, 0.3) is 0 Å². The molecule has 7 aromatic rings. The van der Waals surface area contributed by atoms with E-state index in [0.717, 1.165) is 72.0 Å². The lowest BCUT2D eigenvalue weighted by Gasteiger charge is -2.18. The zero-order valence-electron chi connectivity index (χ0n) is 24.7. The summed E-state index contributed by atoms with van der Waals surface area (Å²) in [6.07, 6.45) is 5.57. The van der Waals surface area contributed by atoms with E-state index in [0.29, 0.717) is 0 Å². The number of hydrogen-bond donors (Lipinski definition) is 2. The number of fused-ring (bicyclic) bond motifs is 6. The highest BCUT2D eigenvalue weighted by Crippen LogP contribution is 2.40. The molecule has 5 nitrogen and oxygen atoms in total. The van der Waals surface area contributed by atoms with Crippen LogP contribution in [0.15, 0.2) is 138 Å². The highest BCUT2D eigenvalue weighted by atomic mass is 16.3. The van der Waals surface area contributed by atoms with Crippen LogP contribution in [0.1, 0.15) is 11.1 Å². The molecule has 5 aromatic carbocycles. The summed E-state index contributed by atoms with van der Waals surface area (Å²) in [5.41, 5.74) is 15.5. The zero-order chi connectivity index (χ0) is 30.4. The molecule has 0 unspecified atom stereocenters. The Hall–Kier alpha value is -5.81. The number of nitrogens with one attached hydrogen (secondary N) is 1. The molecule has 2 heterocycles. The third-order valence-corrected chi connectivity index (χ3v) is 8.11. The van der Waals surface area contributed by atoms with Gasteiger partial charge in [-0.25, -0.2) is 0 Å². The Morgan fingerprint density at radius 2 is 1.48 bits per heavy atom. The smallest absolute Gasteiger partial charge is 0.159 e. The average Bonchev–Trinajstić information content (AvgIpc) is 3.58. The Labute approximate surface area is 255 Å². The summed E-state index contributed by atoms with van der Waals surface area (Å²) in [6, 6.07) is 37.7. The van der Waals surface area contributed by atoms with Gasteiger partial charge in [-0.3, -0.25) is 5.41 Å². The Balaban J connectivity index is 1.40. The fourth-order valence-corrected chi connectivity index (χ4v) is 6.16. The Morgan fingerprint density at radius 1 is 0.773 bits per heavy atom. The first-order valence-electron chi connectivity index (χ1n) is 14.5. The van der Waals surface area contributed by atoms with Crippen molar-refractivity contribution in [1.82, 2.24) is 4.57 Å². The molecule has 0 saturated carbocycles. The second-order valence-electron chi connectivity index (χ2n) is 11.2. The fourth-order valence-electron chi connectivity index (χ4n) is 6.16. The lowest BCUT2D eigenvalue weighted by Crippen LogP contribution is -2.11. The van der Waals surface area contributed by atoms with Crippen LogP contribution in [0.25, 0.3) is 60.6 Å². The van der Waals surface area contributed by atoms with Gasteiger partial charge in [0.15, 0.2) is 5.58 Å².